The molecule has 0 aromatic rings. The van der Waals surface area contributed by atoms with Gasteiger partial charge in [-0.05, 0) is 166 Å². The van der Waals surface area contributed by atoms with Crippen LogP contribution >= 0.6 is 0 Å². The summed E-state index contributed by atoms with van der Waals surface area (Å²) in [5, 5.41) is 0. The fourth-order valence-corrected chi connectivity index (χ4v) is 6.00. The molecule has 0 fully saturated rings. The Morgan fingerprint density at radius 2 is 0.0833 bits per heavy atom. The summed E-state index contributed by atoms with van der Waals surface area (Å²) in [5.74, 6) is 0. The number of rotatable bonds is 24. The first-order valence-corrected chi connectivity index (χ1v) is 25.5. The fraction of sp³-hybridized carbons (Fsp3) is 1.00. The first-order valence-electron chi connectivity index (χ1n) is 25.5. The van der Waals surface area contributed by atoms with Crippen LogP contribution in [-0.4, -0.2) is 179 Å². The predicted molar refractivity (Wildman–Crippen MR) is 304 cm³/mol. The monoisotopic (exact) mass is 2740 g/mol. The maximum atomic E-state index is 2.22. The van der Waals surface area contributed by atoms with Gasteiger partial charge >= 0.3 is 0 Å². The van der Waals surface area contributed by atoms with Crippen molar-refractivity contribution in [1.29, 1.82) is 0 Å². The van der Waals surface area contributed by atoms with Crippen molar-refractivity contribution in [3.05, 3.63) is 0 Å². The van der Waals surface area contributed by atoms with Gasteiger partial charge in [0.05, 0.1) is 157 Å². The molecule has 0 saturated heterocycles. The van der Waals surface area contributed by atoms with E-state index >= 15 is 0 Å². The molecule has 0 spiro atoms. The predicted octanol–water partition coefficient (Wildman–Crippen LogP) is -7.49. The quantitative estimate of drug-likeness (QED) is 0.0467. The Kier molecular flexibility index (Phi) is 5350. The zero-order chi connectivity index (χ0) is 45.6. The van der Waals surface area contributed by atoms with Crippen LogP contribution in [0.4, 0.5) is 0 Å². The zero-order valence-corrected chi connectivity index (χ0v) is 105. The minimum atomic E-state index is 0. The number of hydrogen-bond donors (Lipinski definition) is 8. The molecule has 12 N–H and O–H groups in total. The number of quaternary nitrogens is 8. The Balaban J connectivity index is -0.00000000225. The summed E-state index contributed by atoms with van der Waals surface area (Å²) in [4.78, 5) is 13.4. The van der Waals surface area contributed by atoms with Gasteiger partial charge in [-0.25, -0.2) is 0 Å². The Bertz CT molecular complexity index is 542. The molecule has 0 aliphatic heterocycles. The first kappa shape index (κ1) is 849. The molecule has 0 heterocycles. The molecule has 900 valence electrons. The van der Waals surface area contributed by atoms with E-state index < -0.39 is 0 Å². The van der Waals surface area contributed by atoms with Crippen molar-refractivity contribution in [2.45, 2.75) is 166 Å². The molecule has 0 aliphatic carbocycles. The molecule has 0 aliphatic rings. The third kappa shape index (κ3) is 813. The van der Waals surface area contributed by atoms with Gasteiger partial charge in [-0.2, -0.15) is 0 Å². The Morgan fingerprint density at radius 1 is 0.0682 bits per heavy atom. The second kappa shape index (κ2) is 831. The molecule has 0 rings (SSSR count). The summed E-state index contributed by atoms with van der Waals surface area (Å²) < 4.78 is 0. The molecule has 0 aromatic heterocycles. The first-order chi connectivity index (χ1) is 26.8. The van der Waals surface area contributed by atoms with Crippen LogP contribution < -0.4 is 39.2 Å². The van der Waals surface area contributed by atoms with Crippen LogP contribution in [0, 0.1) is 0 Å². The molecule has 0 amide bonds. The van der Waals surface area contributed by atoms with E-state index in [-0.39, 0.29) is 678 Å². The smallest absolute Gasteiger partial charge is 0.0742 e. The average Bonchev–Trinajstić information content (AvgIpc) is 3.25. The van der Waals surface area contributed by atoms with Crippen molar-refractivity contribution in [3.8, 4) is 0 Å². The van der Waals surface area contributed by atoms with Crippen molar-refractivity contribution in [2.75, 3.05) is 157 Å². The van der Waals surface area contributed by atoms with Gasteiger partial charge in [0, 0.05) is 371 Å². The van der Waals surface area contributed by atoms with Crippen LogP contribution in [-0.2, 0) is 656 Å². The van der Waals surface area contributed by atoms with Gasteiger partial charge in [-0.3, -0.25) is 0 Å². The number of nitrogens with one attached hydrogen (secondary N) is 8. The van der Waals surface area contributed by atoms with E-state index in [9.17, 15) is 0 Å². The van der Waals surface area contributed by atoms with Crippen molar-refractivity contribution < 1.29 is 717 Å². The van der Waals surface area contributed by atoms with E-state index in [1.165, 1.54) is 157 Å². The summed E-state index contributed by atoms with van der Waals surface area (Å²) >= 11 is 0. The molecule has 0 unspecified atom stereocenters. The van der Waals surface area contributed by atoms with Crippen molar-refractivity contribution in [1.82, 2.24) is 0 Å². The Hall–Kier alpha value is 9.13. The fourth-order valence-electron chi connectivity index (χ4n) is 6.00. The van der Waals surface area contributed by atoms with Crippen molar-refractivity contribution >= 4 is 0 Å². The van der Waals surface area contributed by atoms with Gasteiger partial charge in [0.15, 0.2) is 0 Å². The van der Waals surface area contributed by atoms with Crippen LogP contribution in [0.5, 0.6) is 0 Å². The topological polar surface area (TPSA) is 1640 Å². The van der Waals surface area contributed by atoms with Gasteiger partial charge in [0.2, 0.25) is 0 Å². The van der Waals surface area contributed by atoms with E-state index in [0.717, 1.165) is 0 Å². The van der Waals surface area contributed by atoms with Gasteiger partial charge in [0.1, 0.15) is 0 Å². The summed E-state index contributed by atoms with van der Waals surface area (Å²) in [6, 6.07) is 0. The van der Waals surface area contributed by atoms with Crippen LogP contribution in [0.25, 0.3) is 0 Å². The maximum Gasteiger partial charge on any atom is 0.0742 e. The third-order valence-corrected chi connectivity index (χ3v) is 12.0. The van der Waals surface area contributed by atoms with Gasteiger partial charge in [0.25, 0.3) is 0 Å². The molecular weight excluding hydrogens is 2600 g/mol. The largest absolute Gasteiger partial charge is 2.00 e. The van der Waals surface area contributed by atoms with Gasteiger partial charge in [-0.15, -0.1) is 0 Å². The molecule has 0 aromatic carbocycles. The molecular formula is C48H132N8O56V20-100. The van der Waals surface area contributed by atoms with E-state index in [0.29, 0.717) is 0 Å². The molecule has 0 bridgehead atoms. The normalized spacial score (nSPS) is 4.36. The second-order valence-corrected chi connectivity index (χ2v) is 14.5. The SMILES string of the molecule is CC[NH+](CC)CC.CC[NH+](CC)CC.CC[NH+](CC)CC.CC[NH+](CC)CC.CC[NH+](CC)CC.CC[NH+](CC)CC.CC[NH+](CC)CC.CC[NH+](CC)CC.[O-2].[O-2].[O-2].[O-2].[O-2].[O-2].[O-2].[O-2].[O-2].[O-2].[O-2].[O-2].[O-2].[O-2].[O-2].[O-2].[O-2].[O-2].[O-2].[O-2].[O-2].[O-2].[O-2].[O-2].[O-2].[O-2].[O-2].[O-2].[O-2].[O-2].[O-2].[O-2].[O-2].[O-2].[O-2].[O-2].[O-2].[O-2].[O-2].[O-2].[O-2].[O-2].[O-2].[O-2].[O-2].[O-2].[O-2].[O-2].[O-2].[O-2].[O-2].[O-2].[OH-].[OH-].[OH-].[OH-].[V].[V].[V].[V].[V].[V].[V].[V].[V].[V].[V].[V].[V].[V].[V].[V].[V].[V].[V].[V]. The average molecular weight is 2740 g/mol. The molecule has 0 atom stereocenters. The summed E-state index contributed by atoms with van der Waals surface area (Å²) in [7, 11) is 0. The van der Waals surface area contributed by atoms with Crippen LogP contribution in [0.3, 0.4) is 0 Å². The third-order valence-electron chi connectivity index (χ3n) is 12.0. The molecule has 132 heavy (non-hydrogen) atoms. The van der Waals surface area contributed by atoms with Crippen LogP contribution in [0.15, 0.2) is 0 Å². The Labute approximate surface area is 1030 Å². The van der Waals surface area contributed by atoms with Gasteiger partial charge < -0.3 is 346 Å². The summed E-state index contributed by atoms with van der Waals surface area (Å²) in [6.07, 6.45) is 0. The molecule has 0 saturated carbocycles. The van der Waals surface area contributed by atoms with Crippen LogP contribution in [0.2, 0.25) is 0 Å². The minimum Gasteiger partial charge on any atom is -2.00 e. The van der Waals surface area contributed by atoms with E-state index in [1.807, 2.05) is 0 Å². The molecule has 20 radical (unpaired) electrons. The van der Waals surface area contributed by atoms with E-state index in [4.69, 9.17) is 0 Å². The zero-order valence-electron chi connectivity index (χ0n) is 76.9. The standard InChI is InChI=1S/8C6H15N.4H2O.52O.20V/c8*1-4-7(5-2)6-3;;;;;;;;;;;;;;;;;;;;;;;;;;;;;;;;;;;;;;;;;;;;;;;;;;;;;;;;;;;;;;;;;;;;;;;;;;;;/h8*4-6H2,1-3H3;4*1H2;;;;;;;;;;;;;;;;;;;;;;;;;;;;;;;;;;;;;;;;;;;;;;;;;;;;;;;;;;;;;;;;;;;;;;;;/q;;;;;;;;;;;;52*-2;;;;;;;;;;;;;;;;;;;;/p+4. The summed E-state index contributed by atoms with van der Waals surface area (Å²) in [6.45, 7) is 83.9. The second-order valence-electron chi connectivity index (χ2n) is 14.5. The van der Waals surface area contributed by atoms with E-state index in [1.54, 1.807) is 39.2 Å². The maximum absolute atomic E-state index is 2.22. The summed E-state index contributed by atoms with van der Waals surface area (Å²) in [5.41, 5.74) is 0. The minimum absolute atomic E-state index is 0. The van der Waals surface area contributed by atoms with Gasteiger partial charge in [-0.1, -0.05) is 0 Å². The Morgan fingerprint density at radius 3 is 0.0833 bits per heavy atom. The van der Waals surface area contributed by atoms with Crippen LogP contribution in [0.1, 0.15) is 166 Å². The number of hydrogen-bond acceptors (Lipinski definition) is 4. The van der Waals surface area contributed by atoms with Crippen molar-refractivity contribution in [3.63, 3.8) is 0 Å². The van der Waals surface area contributed by atoms with Crippen molar-refractivity contribution in [2.24, 2.45) is 0 Å². The van der Waals surface area contributed by atoms with E-state index in [2.05, 4.69) is 166 Å². The molecule has 64 nitrogen and oxygen atoms in total. The molecule has 84 heteroatoms.